The van der Waals surface area contributed by atoms with E-state index in [4.69, 9.17) is 4.42 Å². The van der Waals surface area contributed by atoms with E-state index in [0.29, 0.717) is 16.9 Å². The van der Waals surface area contributed by atoms with Crippen LogP contribution in [0.3, 0.4) is 0 Å². The lowest BCUT2D eigenvalue weighted by molar-refractivity contribution is -0.112. The fourth-order valence-electron chi connectivity index (χ4n) is 3.74. The van der Waals surface area contributed by atoms with Gasteiger partial charge in [0.25, 0.3) is 5.91 Å². The first-order valence-corrected chi connectivity index (χ1v) is 11.3. The van der Waals surface area contributed by atoms with E-state index in [9.17, 15) is 18.0 Å². The molecular weight excluding hydrogens is 406 g/mol. The molecule has 2 aliphatic heterocycles. The number of fused-ring (bicyclic) bond motifs is 1. The Hall–Kier alpha value is -2.91. The van der Waals surface area contributed by atoms with E-state index >= 15 is 0 Å². The van der Waals surface area contributed by atoms with Crippen molar-refractivity contribution >= 4 is 27.7 Å². The van der Waals surface area contributed by atoms with Crippen molar-refractivity contribution in [1.29, 1.82) is 0 Å². The molecule has 0 bridgehead atoms. The molecule has 0 saturated carbocycles. The zero-order valence-corrected chi connectivity index (χ0v) is 17.3. The summed E-state index contributed by atoms with van der Waals surface area (Å²) in [6.45, 7) is 5.09. The maximum absolute atomic E-state index is 13.0. The molecule has 1 saturated heterocycles. The highest BCUT2D eigenvalue weighted by Gasteiger charge is 2.33. The van der Waals surface area contributed by atoms with Crippen molar-refractivity contribution in [2.45, 2.75) is 37.2 Å². The molecule has 0 spiro atoms. The number of piperidine rings is 1. The molecule has 1 N–H and O–H groups in total. The van der Waals surface area contributed by atoms with Gasteiger partial charge in [-0.3, -0.25) is 14.9 Å². The van der Waals surface area contributed by atoms with Crippen molar-refractivity contribution in [3.8, 4) is 0 Å². The lowest BCUT2D eigenvalue weighted by Crippen LogP contribution is -2.35. The fourth-order valence-corrected chi connectivity index (χ4v) is 5.12. The highest BCUT2D eigenvalue weighted by molar-refractivity contribution is 7.89. The molecule has 30 heavy (non-hydrogen) atoms. The maximum atomic E-state index is 13.0. The van der Waals surface area contributed by atoms with Gasteiger partial charge in [-0.25, -0.2) is 8.42 Å². The number of furan rings is 1. The van der Waals surface area contributed by atoms with Crippen molar-refractivity contribution in [3.63, 3.8) is 0 Å². The van der Waals surface area contributed by atoms with E-state index in [-0.39, 0.29) is 29.8 Å². The monoisotopic (exact) mass is 429 g/mol. The van der Waals surface area contributed by atoms with Crippen molar-refractivity contribution in [1.82, 2.24) is 9.21 Å². The summed E-state index contributed by atoms with van der Waals surface area (Å²) >= 11 is 0. The van der Waals surface area contributed by atoms with E-state index in [1.807, 2.05) is 4.90 Å². The average Bonchev–Trinajstić information content (AvgIpc) is 3.33. The molecule has 0 radical (unpaired) electrons. The Morgan fingerprint density at radius 1 is 1.07 bits per heavy atom. The Kier molecular flexibility index (Phi) is 5.48. The van der Waals surface area contributed by atoms with Crippen LogP contribution in [0.4, 0.5) is 5.88 Å². The normalized spacial score (nSPS) is 16.9. The highest BCUT2D eigenvalue weighted by Crippen LogP contribution is 2.32. The Morgan fingerprint density at radius 3 is 2.40 bits per heavy atom. The summed E-state index contributed by atoms with van der Waals surface area (Å²) in [5.41, 5.74) is 1.20. The van der Waals surface area contributed by atoms with Gasteiger partial charge in [0.15, 0.2) is 5.88 Å². The Balaban J connectivity index is 1.45. The van der Waals surface area contributed by atoms with Crippen molar-refractivity contribution in [2.75, 3.05) is 18.4 Å². The molecule has 3 heterocycles. The van der Waals surface area contributed by atoms with Crippen LogP contribution in [0.25, 0.3) is 0 Å². The van der Waals surface area contributed by atoms with Gasteiger partial charge in [0.05, 0.1) is 11.4 Å². The van der Waals surface area contributed by atoms with Crippen LogP contribution in [0, 0.1) is 0 Å². The minimum absolute atomic E-state index is 0.0619. The highest BCUT2D eigenvalue weighted by atomic mass is 32.2. The third kappa shape index (κ3) is 3.90. The van der Waals surface area contributed by atoms with Gasteiger partial charge in [0, 0.05) is 36.8 Å². The number of likely N-dealkylation sites (tertiary alicyclic amines) is 1. The average molecular weight is 429 g/mol. The molecule has 4 rings (SSSR count). The Morgan fingerprint density at radius 2 is 1.77 bits per heavy atom. The van der Waals surface area contributed by atoms with E-state index in [1.54, 1.807) is 18.2 Å². The zero-order valence-electron chi connectivity index (χ0n) is 16.5. The van der Waals surface area contributed by atoms with Crippen LogP contribution < -0.4 is 5.32 Å². The van der Waals surface area contributed by atoms with Crippen LogP contribution in [0.1, 0.15) is 40.9 Å². The first kappa shape index (κ1) is 20.4. The standard InChI is InChI=1S/C21H23N3O5S/c1-2-19(25)22-20-12-16-13-24(14-18(16)29-20)30(27,28)17-8-6-15(7-9-17)21(26)23-10-4-3-5-11-23/h2,6-9,12H,1,3-5,10-11,13-14H2,(H,22,25). The number of anilines is 1. The van der Waals surface area contributed by atoms with Crippen LogP contribution in [-0.4, -0.2) is 42.5 Å². The smallest absolute Gasteiger partial charge is 0.253 e. The minimum atomic E-state index is -3.74. The first-order chi connectivity index (χ1) is 14.4. The van der Waals surface area contributed by atoms with Crippen molar-refractivity contribution < 1.29 is 22.4 Å². The summed E-state index contributed by atoms with van der Waals surface area (Å²) in [5.74, 6) is 0.302. The van der Waals surface area contributed by atoms with Crippen LogP contribution in [-0.2, 0) is 27.9 Å². The van der Waals surface area contributed by atoms with Crippen LogP contribution >= 0.6 is 0 Å². The summed E-state index contributed by atoms with van der Waals surface area (Å²) in [6.07, 6.45) is 4.26. The predicted molar refractivity (Wildman–Crippen MR) is 110 cm³/mol. The van der Waals surface area contributed by atoms with Gasteiger partial charge in [-0.15, -0.1) is 0 Å². The molecular formula is C21H23N3O5S. The number of nitrogens with zero attached hydrogens (tertiary/aromatic N) is 2. The number of sulfonamides is 1. The molecule has 2 amide bonds. The van der Waals surface area contributed by atoms with Crippen LogP contribution in [0.2, 0.25) is 0 Å². The number of benzene rings is 1. The number of nitrogens with one attached hydrogen (secondary N) is 1. The zero-order chi connectivity index (χ0) is 21.3. The quantitative estimate of drug-likeness (QED) is 0.737. The van der Waals surface area contributed by atoms with Gasteiger partial charge in [0.1, 0.15) is 5.76 Å². The van der Waals surface area contributed by atoms with E-state index in [0.717, 1.165) is 38.4 Å². The number of carbonyl (C=O) groups excluding carboxylic acids is 2. The van der Waals surface area contributed by atoms with Crippen LogP contribution in [0.15, 0.2) is 52.3 Å². The van der Waals surface area contributed by atoms with Crippen molar-refractivity contribution in [2.24, 2.45) is 0 Å². The predicted octanol–water partition coefficient (Wildman–Crippen LogP) is 2.73. The largest absolute Gasteiger partial charge is 0.444 e. The second kappa shape index (κ2) is 8.08. The number of hydrogen-bond donors (Lipinski definition) is 1. The molecule has 1 aromatic heterocycles. The van der Waals surface area contributed by atoms with Gasteiger partial charge in [-0.1, -0.05) is 6.58 Å². The van der Waals surface area contributed by atoms with Gasteiger partial charge < -0.3 is 9.32 Å². The lowest BCUT2D eigenvalue weighted by Gasteiger charge is -2.26. The summed E-state index contributed by atoms with van der Waals surface area (Å²) in [6, 6.07) is 7.71. The third-order valence-electron chi connectivity index (χ3n) is 5.38. The molecule has 2 aromatic rings. The summed E-state index contributed by atoms with van der Waals surface area (Å²) < 4.78 is 32.8. The third-order valence-corrected chi connectivity index (χ3v) is 7.18. The minimum Gasteiger partial charge on any atom is -0.444 e. The molecule has 0 unspecified atom stereocenters. The Labute approximate surface area is 175 Å². The second-order valence-corrected chi connectivity index (χ2v) is 9.34. The van der Waals surface area contributed by atoms with Crippen LogP contribution in [0.5, 0.6) is 0 Å². The Bertz CT molecular complexity index is 1060. The van der Waals surface area contributed by atoms with Gasteiger partial charge >= 0.3 is 0 Å². The summed E-state index contributed by atoms with van der Waals surface area (Å²) in [5, 5.41) is 2.52. The maximum Gasteiger partial charge on any atom is 0.253 e. The summed E-state index contributed by atoms with van der Waals surface area (Å²) in [4.78, 5) is 25.9. The fraction of sp³-hybridized carbons (Fsp3) is 0.333. The molecule has 0 atom stereocenters. The number of rotatable bonds is 5. The number of amides is 2. The first-order valence-electron chi connectivity index (χ1n) is 9.83. The molecule has 1 fully saturated rings. The summed E-state index contributed by atoms with van der Waals surface area (Å²) in [7, 11) is -3.74. The molecule has 158 valence electrons. The van der Waals surface area contributed by atoms with E-state index in [1.165, 1.54) is 16.4 Å². The molecule has 2 aliphatic rings. The van der Waals surface area contributed by atoms with Gasteiger partial charge in [-0.05, 0) is 49.6 Å². The van der Waals surface area contributed by atoms with E-state index < -0.39 is 15.9 Å². The SMILES string of the molecule is C=CC(=O)Nc1cc2c(o1)CN(S(=O)(=O)c1ccc(C(=O)N3CCCCC3)cc1)C2. The molecule has 8 nitrogen and oxygen atoms in total. The molecule has 9 heteroatoms. The topological polar surface area (TPSA) is 99.9 Å². The number of carbonyl (C=O) groups is 2. The molecule has 1 aromatic carbocycles. The van der Waals surface area contributed by atoms with Gasteiger partial charge in [0.2, 0.25) is 15.9 Å². The molecule has 0 aliphatic carbocycles. The van der Waals surface area contributed by atoms with Crippen molar-refractivity contribution in [3.05, 3.63) is 59.9 Å². The second-order valence-electron chi connectivity index (χ2n) is 7.40. The lowest BCUT2D eigenvalue weighted by atomic mass is 10.1. The number of hydrogen-bond acceptors (Lipinski definition) is 5. The van der Waals surface area contributed by atoms with Gasteiger partial charge in [-0.2, -0.15) is 4.31 Å². The van der Waals surface area contributed by atoms with E-state index in [2.05, 4.69) is 11.9 Å².